The van der Waals surface area contributed by atoms with E-state index in [9.17, 15) is 0 Å². The van der Waals surface area contributed by atoms with Crippen molar-refractivity contribution in [1.82, 2.24) is 0 Å². The minimum Gasteiger partial charge on any atom is -0.456 e. The Morgan fingerprint density at radius 3 is 2.31 bits per heavy atom. The molecule has 5 rings (SSSR count). The predicted octanol–water partition coefficient (Wildman–Crippen LogP) is 7.53. The Morgan fingerprint density at radius 2 is 1.62 bits per heavy atom. The number of hydrogen-bond donors (Lipinski definition) is 0. The van der Waals surface area contributed by atoms with Crippen molar-refractivity contribution in [1.29, 1.82) is 0 Å². The van der Waals surface area contributed by atoms with Crippen LogP contribution in [0.25, 0.3) is 49.2 Å². The largest absolute Gasteiger partial charge is 0.456 e. The minimum absolute atomic E-state index is 0.0352. The van der Waals surface area contributed by atoms with Crippen LogP contribution in [0.4, 0.5) is 5.69 Å². The average molecular weight is 427 g/mol. The van der Waals surface area contributed by atoms with Gasteiger partial charge in [-0.05, 0) is 37.4 Å². The van der Waals surface area contributed by atoms with E-state index < -0.39 is 37.1 Å². The molecule has 2 heterocycles. The van der Waals surface area contributed by atoms with Gasteiger partial charge in [-0.25, -0.2) is 4.85 Å². The fraction of sp³-hybridized carbons (Fsp3) is 0.172. The van der Waals surface area contributed by atoms with E-state index in [4.69, 9.17) is 23.3 Å². The summed E-state index contributed by atoms with van der Waals surface area (Å²) in [4.78, 5) is 3.58. The number of furan rings is 1. The van der Waals surface area contributed by atoms with Crippen molar-refractivity contribution >= 4 is 27.6 Å². The van der Waals surface area contributed by atoms with Gasteiger partial charge in [0.15, 0.2) is 11.4 Å². The molecule has 0 saturated carbocycles. The van der Waals surface area contributed by atoms with Gasteiger partial charge in [-0.3, -0.25) is 0 Å². The lowest BCUT2D eigenvalue weighted by Crippen LogP contribution is -2.36. The first-order chi connectivity index (χ1) is 19.1. The fourth-order valence-corrected chi connectivity index (χ4v) is 4.16. The van der Waals surface area contributed by atoms with E-state index in [2.05, 4.69) is 4.85 Å². The summed E-state index contributed by atoms with van der Waals surface area (Å²) < 4.78 is 82.6. The lowest BCUT2D eigenvalue weighted by Gasteiger charge is -2.10. The van der Waals surface area contributed by atoms with Gasteiger partial charge in [0.1, 0.15) is 18.2 Å². The van der Waals surface area contributed by atoms with Crippen molar-refractivity contribution in [2.24, 2.45) is 7.05 Å². The van der Waals surface area contributed by atoms with Crippen molar-refractivity contribution < 1.29 is 21.3 Å². The Balaban J connectivity index is 1.97. The first kappa shape index (κ1) is 12.2. The number of aryl methyl sites for hydroxylation is 1. The molecule has 32 heavy (non-hydrogen) atoms. The lowest BCUT2D eigenvalue weighted by atomic mass is 9.97. The monoisotopic (exact) mass is 426 g/mol. The molecule has 0 aliphatic rings. The zero-order valence-electron chi connectivity index (χ0n) is 27.1. The molecule has 0 fully saturated rings. The van der Waals surface area contributed by atoms with E-state index in [0.717, 1.165) is 5.56 Å². The summed E-state index contributed by atoms with van der Waals surface area (Å²) in [7, 11) is 1.70. The van der Waals surface area contributed by atoms with Crippen molar-refractivity contribution in [3.8, 4) is 22.4 Å². The van der Waals surface area contributed by atoms with Crippen LogP contribution in [0, 0.1) is 34.2 Å². The normalized spacial score (nSPS) is 15.7. The SMILES string of the molecule is [2H]c1c([2H])c([2H])c(-c2c([N+]#[C-])ccc3c2oc2c(-c4c([2H])c(C)c(C([2H])([2H])[2H])c(C)[n+]4C)c(C)ccc23)c([2H])c1[2H]. The summed E-state index contributed by atoms with van der Waals surface area (Å²) in [5.41, 5.74) is 3.28. The Bertz CT molecular complexity index is 1940. The Morgan fingerprint density at radius 1 is 0.938 bits per heavy atom. The summed E-state index contributed by atoms with van der Waals surface area (Å²) >= 11 is 0. The number of aromatic nitrogens is 1. The first-order valence-corrected chi connectivity index (χ1v) is 10.1. The molecule has 3 nitrogen and oxygen atoms in total. The molecule has 0 bridgehead atoms. The third-order valence-corrected chi connectivity index (χ3v) is 5.98. The maximum Gasteiger partial charge on any atom is 0.216 e. The molecule has 0 N–H and O–H groups in total. The van der Waals surface area contributed by atoms with Crippen LogP contribution in [-0.4, -0.2) is 0 Å². The molecule has 0 aliphatic carbocycles. The lowest BCUT2D eigenvalue weighted by molar-refractivity contribution is -0.667. The van der Waals surface area contributed by atoms with Gasteiger partial charge < -0.3 is 4.42 Å². The molecular weight excluding hydrogens is 392 g/mol. The van der Waals surface area contributed by atoms with Crippen molar-refractivity contribution in [3.05, 3.63) is 94.3 Å². The van der Waals surface area contributed by atoms with Crippen LogP contribution in [0.15, 0.2) is 64.9 Å². The average Bonchev–Trinajstić information content (AvgIpc) is 3.29. The number of pyridine rings is 1. The number of rotatable bonds is 2. The highest BCUT2D eigenvalue weighted by Gasteiger charge is 2.25. The molecule has 5 aromatic rings. The number of fused-ring (bicyclic) bond motifs is 3. The topological polar surface area (TPSA) is 21.4 Å². The Hall–Kier alpha value is -3.90. The van der Waals surface area contributed by atoms with Gasteiger partial charge in [-0.15, -0.1) is 0 Å². The molecule has 0 aliphatic heterocycles. The molecule has 0 saturated heterocycles. The van der Waals surface area contributed by atoms with Crippen LogP contribution < -0.4 is 4.57 Å². The number of benzene rings is 3. The van der Waals surface area contributed by atoms with Crippen LogP contribution >= 0.6 is 0 Å². The molecular formula is C29H25N2O+. The maximum absolute atomic E-state index is 9.00. The highest BCUT2D eigenvalue weighted by atomic mass is 16.3. The van der Waals surface area contributed by atoms with Crippen LogP contribution in [0.1, 0.15) is 34.7 Å². The molecule has 0 atom stereocenters. The van der Waals surface area contributed by atoms with Gasteiger partial charge in [-0.1, -0.05) is 54.5 Å². The van der Waals surface area contributed by atoms with Gasteiger partial charge in [0, 0.05) is 39.0 Å². The second kappa shape index (κ2) is 7.35. The Kier molecular flexibility index (Phi) is 2.81. The van der Waals surface area contributed by atoms with E-state index >= 15 is 0 Å². The molecule has 3 heteroatoms. The highest BCUT2D eigenvalue weighted by molar-refractivity contribution is 6.15. The second-order valence-electron chi connectivity index (χ2n) is 7.80. The zero-order valence-corrected chi connectivity index (χ0v) is 18.1. The smallest absolute Gasteiger partial charge is 0.216 e. The number of hydrogen-bond acceptors (Lipinski definition) is 1. The third-order valence-electron chi connectivity index (χ3n) is 5.98. The van der Waals surface area contributed by atoms with Crippen LogP contribution in [-0.2, 0) is 7.05 Å². The van der Waals surface area contributed by atoms with Gasteiger partial charge in [-0.2, -0.15) is 4.57 Å². The van der Waals surface area contributed by atoms with Crippen molar-refractivity contribution in [3.63, 3.8) is 0 Å². The quantitative estimate of drug-likeness (QED) is 0.211. The van der Waals surface area contributed by atoms with E-state index in [1.54, 1.807) is 31.5 Å². The molecule has 2 aromatic heterocycles. The van der Waals surface area contributed by atoms with Crippen molar-refractivity contribution in [2.45, 2.75) is 27.6 Å². The molecule has 3 aromatic carbocycles. The second-order valence-corrected chi connectivity index (χ2v) is 7.80. The number of nitrogens with zero attached hydrogens (tertiary/aromatic N) is 2. The van der Waals surface area contributed by atoms with Gasteiger partial charge in [0.25, 0.3) is 0 Å². The van der Waals surface area contributed by atoms with Crippen LogP contribution in [0.5, 0.6) is 0 Å². The van der Waals surface area contributed by atoms with E-state index in [-0.39, 0.29) is 34.0 Å². The third kappa shape index (κ3) is 2.84. The summed E-state index contributed by atoms with van der Waals surface area (Å²) in [6.07, 6.45) is 0. The van der Waals surface area contributed by atoms with Gasteiger partial charge in [0.05, 0.1) is 20.4 Å². The summed E-state index contributed by atoms with van der Waals surface area (Å²) in [5.74, 6) is 0. The summed E-state index contributed by atoms with van der Waals surface area (Å²) in [6.45, 7) is 10.5. The minimum atomic E-state index is -2.41. The molecule has 0 radical (unpaired) electrons. The van der Waals surface area contributed by atoms with E-state index in [0.29, 0.717) is 38.9 Å². The van der Waals surface area contributed by atoms with E-state index in [1.165, 1.54) is 6.07 Å². The molecule has 0 amide bonds. The first-order valence-electron chi connectivity index (χ1n) is 14.6. The fourth-order valence-electron chi connectivity index (χ4n) is 4.16. The molecule has 0 unspecified atom stereocenters. The summed E-state index contributed by atoms with van der Waals surface area (Å²) in [6, 6.07) is 4.49. The zero-order chi connectivity index (χ0) is 30.3. The standard InChI is InChI=1S/C29H25N2O/c1-17-12-13-22-23-14-15-24(30-5)27(21-10-8-7-9-11-21)29(23)32-28(22)26(17)25-16-18(2)19(3)20(4)31(25)6/h7-16H,1-4,6H3/q+1/i3D3,7D,8D,9D,10D,11D,16D. The Labute approximate surface area is 201 Å². The van der Waals surface area contributed by atoms with Crippen LogP contribution in [0.2, 0.25) is 0 Å². The predicted molar refractivity (Wildman–Crippen MR) is 131 cm³/mol. The highest BCUT2D eigenvalue weighted by Crippen LogP contribution is 2.44. The summed E-state index contributed by atoms with van der Waals surface area (Å²) in [5, 5.41) is 1.21. The molecule has 0 spiro atoms. The molecule has 156 valence electrons. The van der Waals surface area contributed by atoms with Crippen LogP contribution in [0.3, 0.4) is 0 Å². The van der Waals surface area contributed by atoms with Gasteiger partial charge in [0.2, 0.25) is 5.69 Å². The van der Waals surface area contributed by atoms with Crippen molar-refractivity contribution in [2.75, 3.05) is 0 Å². The maximum atomic E-state index is 9.00. The van der Waals surface area contributed by atoms with Gasteiger partial charge >= 0.3 is 0 Å². The van der Waals surface area contributed by atoms with E-state index in [1.807, 2.05) is 19.1 Å².